The van der Waals surface area contributed by atoms with Gasteiger partial charge in [-0.05, 0) is 44.5 Å². The van der Waals surface area contributed by atoms with Gasteiger partial charge >= 0.3 is 0 Å². The lowest BCUT2D eigenvalue weighted by molar-refractivity contribution is -0.385. The Bertz CT molecular complexity index is 1130. The number of carbonyl (C=O) groups excluding carboxylic acids is 1. The monoisotopic (exact) mass is 466 g/mol. The van der Waals surface area contributed by atoms with Crippen LogP contribution in [0.1, 0.15) is 29.8 Å². The summed E-state index contributed by atoms with van der Waals surface area (Å²) < 4.78 is 2.07. The molecule has 9 nitrogen and oxygen atoms in total. The summed E-state index contributed by atoms with van der Waals surface area (Å²) in [5.74, 6) is 0.760. The molecule has 0 aliphatic carbocycles. The average Bonchev–Trinajstić information content (AvgIpc) is 3.45. The Labute approximate surface area is 196 Å². The minimum absolute atomic E-state index is 0.0189. The molecular weight excluding hydrogens is 440 g/mol. The Hall–Kier alpha value is -3.24. The molecule has 1 aliphatic heterocycles. The number of benzene rings is 2. The van der Waals surface area contributed by atoms with Crippen molar-refractivity contribution in [3.8, 4) is 0 Å². The molecular formula is C23H26N6O3S. The van der Waals surface area contributed by atoms with Gasteiger partial charge in [-0.3, -0.25) is 19.8 Å². The number of nitrogens with zero attached hydrogens (tertiary/aromatic N) is 5. The van der Waals surface area contributed by atoms with E-state index in [0.717, 1.165) is 31.0 Å². The molecule has 1 aromatic heterocycles. The van der Waals surface area contributed by atoms with Crippen molar-refractivity contribution in [3.05, 3.63) is 75.6 Å². The topological polar surface area (TPSA) is 106 Å². The highest BCUT2D eigenvalue weighted by Gasteiger charge is 2.20. The van der Waals surface area contributed by atoms with Gasteiger partial charge in [-0.1, -0.05) is 48.2 Å². The Balaban J connectivity index is 1.47. The zero-order valence-electron chi connectivity index (χ0n) is 18.4. The van der Waals surface area contributed by atoms with Gasteiger partial charge in [0, 0.05) is 6.07 Å². The standard InChI is InChI=1S/C23H26N6O3S/c1-17-19(10-7-11-20(17)29(31)32)24-22(30)16-33-23-26-25-21(15-27-12-5-6-13-27)28(23)14-18-8-3-2-4-9-18/h2-4,7-11H,5-6,12-16H2,1H3,(H,24,30). The molecule has 1 saturated heterocycles. The third kappa shape index (κ3) is 5.77. The molecule has 3 aromatic rings. The first-order valence-corrected chi connectivity index (χ1v) is 11.8. The average molecular weight is 467 g/mol. The van der Waals surface area contributed by atoms with Gasteiger partial charge in [0.05, 0.1) is 35.0 Å². The van der Waals surface area contributed by atoms with Gasteiger partial charge in [0.15, 0.2) is 5.16 Å². The quantitative estimate of drug-likeness (QED) is 0.290. The minimum atomic E-state index is -0.451. The number of nitro groups is 1. The van der Waals surface area contributed by atoms with Gasteiger partial charge in [-0.25, -0.2) is 0 Å². The molecule has 1 aliphatic rings. The lowest BCUT2D eigenvalue weighted by Gasteiger charge is -2.16. The second-order valence-electron chi connectivity index (χ2n) is 8.00. The van der Waals surface area contributed by atoms with Crippen LogP contribution in [0.25, 0.3) is 0 Å². The van der Waals surface area contributed by atoms with Gasteiger partial charge < -0.3 is 9.88 Å². The van der Waals surface area contributed by atoms with Crippen LogP contribution in [0.4, 0.5) is 11.4 Å². The van der Waals surface area contributed by atoms with Crippen molar-refractivity contribution < 1.29 is 9.72 Å². The summed E-state index contributed by atoms with van der Waals surface area (Å²) in [6, 6.07) is 14.8. The number of nitro benzene ring substituents is 1. The number of thioether (sulfide) groups is 1. The molecule has 2 aromatic carbocycles. The highest BCUT2D eigenvalue weighted by Crippen LogP contribution is 2.26. The summed E-state index contributed by atoms with van der Waals surface area (Å²) in [5.41, 5.74) is 1.99. The molecule has 0 radical (unpaired) electrons. The Morgan fingerprint density at radius 2 is 1.85 bits per heavy atom. The molecule has 4 rings (SSSR count). The lowest BCUT2D eigenvalue weighted by atomic mass is 10.1. The molecule has 2 heterocycles. The fraction of sp³-hybridized carbons (Fsp3) is 0.348. The van der Waals surface area contributed by atoms with Crippen LogP contribution in [0, 0.1) is 17.0 Å². The first-order chi connectivity index (χ1) is 16.0. The number of anilines is 1. The predicted octanol–water partition coefficient (Wildman–Crippen LogP) is 3.87. The van der Waals surface area contributed by atoms with E-state index in [4.69, 9.17) is 0 Å². The maximum atomic E-state index is 12.6. The van der Waals surface area contributed by atoms with Crippen LogP contribution in [-0.2, 0) is 17.9 Å². The fourth-order valence-corrected chi connectivity index (χ4v) is 4.64. The molecule has 0 atom stereocenters. The van der Waals surface area contributed by atoms with E-state index >= 15 is 0 Å². The van der Waals surface area contributed by atoms with Crippen LogP contribution in [0.2, 0.25) is 0 Å². The maximum absolute atomic E-state index is 12.6. The number of aromatic nitrogens is 3. The second-order valence-corrected chi connectivity index (χ2v) is 8.94. The van der Waals surface area contributed by atoms with Crippen molar-refractivity contribution in [1.82, 2.24) is 19.7 Å². The molecule has 33 heavy (non-hydrogen) atoms. The molecule has 10 heteroatoms. The number of hydrogen-bond donors (Lipinski definition) is 1. The van der Waals surface area contributed by atoms with E-state index in [9.17, 15) is 14.9 Å². The van der Waals surface area contributed by atoms with E-state index < -0.39 is 4.92 Å². The van der Waals surface area contributed by atoms with Gasteiger partial charge in [0.25, 0.3) is 5.69 Å². The highest BCUT2D eigenvalue weighted by molar-refractivity contribution is 7.99. The van der Waals surface area contributed by atoms with Gasteiger partial charge in [0.1, 0.15) is 5.82 Å². The Morgan fingerprint density at radius 3 is 2.58 bits per heavy atom. The van der Waals surface area contributed by atoms with E-state index in [1.54, 1.807) is 19.1 Å². The van der Waals surface area contributed by atoms with Crippen LogP contribution in [0.3, 0.4) is 0 Å². The van der Waals surface area contributed by atoms with Crippen molar-refractivity contribution in [2.45, 2.75) is 38.0 Å². The molecule has 0 saturated carbocycles. The number of hydrogen-bond acceptors (Lipinski definition) is 7. The summed E-state index contributed by atoms with van der Waals surface area (Å²) in [5, 5.41) is 23.4. The van der Waals surface area contributed by atoms with Crippen molar-refractivity contribution >= 4 is 29.0 Å². The van der Waals surface area contributed by atoms with Gasteiger partial charge in [0.2, 0.25) is 5.91 Å². The summed E-state index contributed by atoms with van der Waals surface area (Å²) in [6.07, 6.45) is 2.40. The number of rotatable bonds is 9. The second kappa shape index (κ2) is 10.6. The van der Waals surface area contributed by atoms with Crippen LogP contribution in [0.15, 0.2) is 53.7 Å². The van der Waals surface area contributed by atoms with Crippen LogP contribution >= 0.6 is 11.8 Å². The van der Waals surface area contributed by atoms with Crippen molar-refractivity contribution in [2.24, 2.45) is 0 Å². The van der Waals surface area contributed by atoms with Crippen LogP contribution in [-0.4, -0.2) is 49.3 Å². The molecule has 172 valence electrons. The molecule has 0 unspecified atom stereocenters. The van der Waals surface area contributed by atoms with Crippen molar-refractivity contribution in [2.75, 3.05) is 24.2 Å². The fourth-order valence-electron chi connectivity index (χ4n) is 3.88. The number of amides is 1. The highest BCUT2D eigenvalue weighted by atomic mass is 32.2. The summed E-state index contributed by atoms with van der Waals surface area (Å²) in [7, 11) is 0. The first kappa shape index (κ1) is 22.9. The summed E-state index contributed by atoms with van der Waals surface area (Å²) >= 11 is 1.31. The van der Waals surface area contributed by atoms with Gasteiger partial charge in [-0.2, -0.15) is 0 Å². The van der Waals surface area contributed by atoms with E-state index in [0.29, 0.717) is 23.0 Å². The molecule has 1 N–H and O–H groups in total. The zero-order chi connectivity index (χ0) is 23.2. The SMILES string of the molecule is Cc1c(NC(=O)CSc2nnc(CN3CCCC3)n2Cc2ccccc2)cccc1[N+](=O)[O-]. The van der Waals surface area contributed by atoms with Crippen LogP contribution in [0.5, 0.6) is 0 Å². The van der Waals surface area contributed by atoms with Crippen molar-refractivity contribution in [3.63, 3.8) is 0 Å². The third-order valence-corrected chi connectivity index (χ3v) is 6.62. The molecule has 0 bridgehead atoms. The summed E-state index contributed by atoms with van der Waals surface area (Å²) in [6.45, 7) is 5.11. The number of likely N-dealkylation sites (tertiary alicyclic amines) is 1. The van der Waals surface area contributed by atoms with E-state index in [2.05, 4.69) is 37.1 Å². The smallest absolute Gasteiger partial charge is 0.274 e. The van der Waals surface area contributed by atoms with E-state index in [1.807, 2.05) is 18.2 Å². The van der Waals surface area contributed by atoms with E-state index in [-0.39, 0.29) is 17.3 Å². The maximum Gasteiger partial charge on any atom is 0.274 e. The van der Waals surface area contributed by atoms with Crippen molar-refractivity contribution in [1.29, 1.82) is 0 Å². The van der Waals surface area contributed by atoms with Gasteiger partial charge in [-0.15, -0.1) is 10.2 Å². The lowest BCUT2D eigenvalue weighted by Crippen LogP contribution is -2.22. The minimum Gasteiger partial charge on any atom is -0.325 e. The molecule has 0 spiro atoms. The predicted molar refractivity (Wildman–Crippen MR) is 127 cm³/mol. The number of carbonyl (C=O) groups is 1. The first-order valence-electron chi connectivity index (χ1n) is 10.9. The Kier molecular flexibility index (Phi) is 7.36. The largest absolute Gasteiger partial charge is 0.325 e. The number of nitrogens with one attached hydrogen (secondary N) is 1. The zero-order valence-corrected chi connectivity index (χ0v) is 19.3. The molecule has 1 fully saturated rings. The van der Waals surface area contributed by atoms with E-state index in [1.165, 1.54) is 30.7 Å². The Morgan fingerprint density at radius 1 is 1.09 bits per heavy atom. The van der Waals surface area contributed by atoms with Crippen LogP contribution < -0.4 is 5.32 Å². The molecule has 1 amide bonds. The summed E-state index contributed by atoms with van der Waals surface area (Å²) in [4.78, 5) is 25.7. The normalized spacial score (nSPS) is 13.8. The third-order valence-electron chi connectivity index (χ3n) is 5.65.